The Kier molecular flexibility index (Phi) is 3.71. The van der Waals surface area contributed by atoms with Crippen LogP contribution in [-0.4, -0.2) is 17.6 Å². The lowest BCUT2D eigenvalue weighted by atomic mass is 10.2. The molecule has 3 N–H and O–H groups in total. The van der Waals surface area contributed by atoms with E-state index in [1.54, 1.807) is 0 Å². The van der Waals surface area contributed by atoms with Gasteiger partial charge in [-0.1, -0.05) is 12.2 Å². The Morgan fingerprint density at radius 1 is 1.56 bits per heavy atom. The van der Waals surface area contributed by atoms with E-state index in [0.717, 1.165) is 5.57 Å². The summed E-state index contributed by atoms with van der Waals surface area (Å²) in [5.41, 5.74) is 5.96. The van der Waals surface area contributed by atoms with Crippen molar-refractivity contribution in [2.75, 3.05) is 6.54 Å². The Bertz CT molecular complexity index is 120. The molecule has 0 saturated heterocycles. The first-order valence-corrected chi connectivity index (χ1v) is 2.75. The largest absolute Gasteiger partial charge is 0.481 e. The highest BCUT2D eigenvalue weighted by Crippen LogP contribution is 1.98. The van der Waals surface area contributed by atoms with Gasteiger partial charge in [0.2, 0.25) is 0 Å². The van der Waals surface area contributed by atoms with Crippen molar-refractivity contribution < 1.29 is 9.90 Å². The van der Waals surface area contributed by atoms with Crippen molar-refractivity contribution in [3.05, 3.63) is 12.2 Å². The summed E-state index contributed by atoms with van der Waals surface area (Å²) in [4.78, 5) is 9.94. The number of carboxylic acids is 1. The number of nitrogens with two attached hydrogens (primary N) is 1. The van der Waals surface area contributed by atoms with Crippen molar-refractivity contribution >= 4 is 5.97 Å². The van der Waals surface area contributed by atoms with E-state index < -0.39 is 5.97 Å². The Hall–Kier alpha value is -0.830. The number of hydrogen-bond acceptors (Lipinski definition) is 2. The summed E-state index contributed by atoms with van der Waals surface area (Å²) >= 11 is 0. The van der Waals surface area contributed by atoms with Crippen molar-refractivity contribution in [3.63, 3.8) is 0 Å². The molecule has 0 aliphatic heterocycles. The van der Waals surface area contributed by atoms with Gasteiger partial charge < -0.3 is 10.8 Å². The first kappa shape index (κ1) is 8.17. The molecule has 0 aromatic rings. The summed E-state index contributed by atoms with van der Waals surface area (Å²) in [5, 5.41) is 8.18. The van der Waals surface area contributed by atoms with Crippen LogP contribution in [-0.2, 0) is 4.79 Å². The SMILES string of the molecule is C=C(CN)CCC(=O)O. The molecule has 0 aliphatic carbocycles. The van der Waals surface area contributed by atoms with Gasteiger partial charge in [0.15, 0.2) is 0 Å². The second-order valence-corrected chi connectivity index (χ2v) is 1.85. The average Bonchev–Trinajstić information content (AvgIpc) is 1.83. The highest BCUT2D eigenvalue weighted by Gasteiger charge is 1.96. The van der Waals surface area contributed by atoms with Crippen molar-refractivity contribution in [2.45, 2.75) is 12.8 Å². The summed E-state index contributed by atoms with van der Waals surface area (Å²) in [5.74, 6) is -0.801. The monoisotopic (exact) mass is 129 g/mol. The van der Waals surface area contributed by atoms with Crippen molar-refractivity contribution in [2.24, 2.45) is 5.73 Å². The third-order valence-electron chi connectivity index (χ3n) is 0.981. The topological polar surface area (TPSA) is 63.3 Å². The van der Waals surface area contributed by atoms with Crippen molar-refractivity contribution in [1.82, 2.24) is 0 Å². The van der Waals surface area contributed by atoms with Crippen LogP contribution in [0.1, 0.15) is 12.8 Å². The van der Waals surface area contributed by atoms with Crippen molar-refractivity contribution in [3.8, 4) is 0 Å². The predicted octanol–water partition coefficient (Wildman–Crippen LogP) is 0.366. The van der Waals surface area contributed by atoms with E-state index in [1.807, 2.05) is 0 Å². The van der Waals surface area contributed by atoms with Crippen LogP contribution >= 0.6 is 0 Å². The highest BCUT2D eigenvalue weighted by molar-refractivity contribution is 5.66. The Morgan fingerprint density at radius 3 is 2.44 bits per heavy atom. The second-order valence-electron chi connectivity index (χ2n) is 1.85. The molecule has 0 aliphatic rings. The molecule has 0 unspecified atom stereocenters. The molecule has 0 rings (SSSR count). The first-order chi connectivity index (χ1) is 4.16. The highest BCUT2D eigenvalue weighted by atomic mass is 16.4. The Labute approximate surface area is 54.2 Å². The second kappa shape index (κ2) is 4.09. The zero-order chi connectivity index (χ0) is 7.28. The maximum absolute atomic E-state index is 9.94. The van der Waals surface area contributed by atoms with Crippen LogP contribution in [0.25, 0.3) is 0 Å². The van der Waals surface area contributed by atoms with Crippen molar-refractivity contribution in [1.29, 1.82) is 0 Å². The van der Waals surface area contributed by atoms with Crippen LogP contribution in [0, 0.1) is 0 Å². The minimum atomic E-state index is -0.801. The quantitative estimate of drug-likeness (QED) is 0.539. The lowest BCUT2D eigenvalue weighted by molar-refractivity contribution is -0.136. The van der Waals surface area contributed by atoms with Gasteiger partial charge in [0.1, 0.15) is 0 Å². The summed E-state index contributed by atoms with van der Waals surface area (Å²) < 4.78 is 0. The lowest BCUT2D eigenvalue weighted by Gasteiger charge is -1.96. The lowest BCUT2D eigenvalue weighted by Crippen LogP contribution is -2.04. The van der Waals surface area contributed by atoms with Gasteiger partial charge in [-0.25, -0.2) is 0 Å². The van der Waals surface area contributed by atoms with Gasteiger partial charge in [0, 0.05) is 13.0 Å². The molecule has 0 heterocycles. The fraction of sp³-hybridized carbons (Fsp3) is 0.500. The Morgan fingerprint density at radius 2 is 2.11 bits per heavy atom. The molecular formula is C6H11NO2. The molecule has 52 valence electrons. The van der Waals surface area contributed by atoms with E-state index in [9.17, 15) is 4.79 Å². The number of carboxylic acid groups (broad SMARTS) is 1. The van der Waals surface area contributed by atoms with Gasteiger partial charge in [0.25, 0.3) is 0 Å². The summed E-state index contributed by atoms with van der Waals surface area (Å²) in [6.45, 7) is 3.94. The molecule has 0 aromatic carbocycles. The molecule has 0 radical (unpaired) electrons. The molecule has 0 atom stereocenters. The molecular weight excluding hydrogens is 118 g/mol. The maximum Gasteiger partial charge on any atom is 0.303 e. The molecule has 3 nitrogen and oxygen atoms in total. The molecule has 0 fully saturated rings. The molecule has 3 heteroatoms. The molecule has 0 aromatic heterocycles. The Balaban J connectivity index is 3.28. The third-order valence-corrected chi connectivity index (χ3v) is 0.981. The first-order valence-electron chi connectivity index (χ1n) is 2.75. The molecule has 9 heavy (non-hydrogen) atoms. The number of carbonyl (C=O) groups is 1. The smallest absolute Gasteiger partial charge is 0.303 e. The molecule has 0 amide bonds. The normalized spacial score (nSPS) is 9.00. The number of hydrogen-bond donors (Lipinski definition) is 2. The van der Waals surface area contributed by atoms with Gasteiger partial charge in [-0.15, -0.1) is 0 Å². The zero-order valence-corrected chi connectivity index (χ0v) is 5.26. The number of aliphatic carboxylic acids is 1. The van der Waals surface area contributed by atoms with Crippen LogP contribution in [0.5, 0.6) is 0 Å². The summed E-state index contributed by atoms with van der Waals surface area (Å²) in [6, 6.07) is 0. The van der Waals surface area contributed by atoms with Crippen LogP contribution in [0.2, 0.25) is 0 Å². The van der Waals surface area contributed by atoms with E-state index in [0.29, 0.717) is 13.0 Å². The summed E-state index contributed by atoms with van der Waals surface area (Å²) in [6.07, 6.45) is 0.627. The van der Waals surface area contributed by atoms with Gasteiger partial charge in [-0.05, 0) is 6.42 Å². The van der Waals surface area contributed by atoms with E-state index in [1.165, 1.54) is 0 Å². The average molecular weight is 129 g/mol. The van der Waals surface area contributed by atoms with Gasteiger partial charge in [-0.2, -0.15) is 0 Å². The number of rotatable bonds is 4. The van der Waals surface area contributed by atoms with Crippen LogP contribution in [0.4, 0.5) is 0 Å². The third kappa shape index (κ3) is 5.03. The molecule has 0 bridgehead atoms. The van der Waals surface area contributed by atoms with E-state index in [-0.39, 0.29) is 6.42 Å². The van der Waals surface area contributed by atoms with E-state index in [4.69, 9.17) is 10.8 Å². The van der Waals surface area contributed by atoms with Crippen LogP contribution in [0.3, 0.4) is 0 Å². The van der Waals surface area contributed by atoms with Crippen LogP contribution < -0.4 is 5.73 Å². The van der Waals surface area contributed by atoms with E-state index in [2.05, 4.69) is 6.58 Å². The summed E-state index contributed by atoms with van der Waals surface area (Å²) in [7, 11) is 0. The minimum absolute atomic E-state index is 0.135. The fourth-order valence-corrected chi connectivity index (χ4v) is 0.386. The maximum atomic E-state index is 9.94. The molecule has 0 spiro atoms. The fourth-order valence-electron chi connectivity index (χ4n) is 0.386. The molecule has 0 saturated carbocycles. The minimum Gasteiger partial charge on any atom is -0.481 e. The van der Waals surface area contributed by atoms with E-state index >= 15 is 0 Å². The standard InChI is InChI=1S/C6H11NO2/c1-5(4-7)2-3-6(8)9/h1-4,7H2,(H,8,9). The zero-order valence-electron chi connectivity index (χ0n) is 5.26. The van der Waals surface area contributed by atoms with Gasteiger partial charge >= 0.3 is 5.97 Å². The van der Waals surface area contributed by atoms with Gasteiger partial charge in [-0.3, -0.25) is 4.79 Å². The van der Waals surface area contributed by atoms with Gasteiger partial charge in [0.05, 0.1) is 0 Å². The predicted molar refractivity (Wildman–Crippen MR) is 35.1 cm³/mol. The van der Waals surface area contributed by atoms with Crippen LogP contribution in [0.15, 0.2) is 12.2 Å².